The molecule has 0 bridgehead atoms. The Morgan fingerprint density at radius 3 is 2.57 bits per heavy atom. The average molecular weight is 198 g/mol. The summed E-state index contributed by atoms with van der Waals surface area (Å²) in [6, 6.07) is 2.72. The molecule has 1 nitrogen and oxygen atoms in total. The second-order valence-electron chi connectivity index (χ2n) is 3.69. The Morgan fingerprint density at radius 1 is 1.14 bits per heavy atom. The van der Waals surface area contributed by atoms with Crippen LogP contribution < -0.4 is 0 Å². The van der Waals surface area contributed by atoms with Crippen molar-refractivity contribution in [2.75, 3.05) is 0 Å². The molecule has 0 saturated heterocycles. The lowest BCUT2D eigenvalue weighted by molar-refractivity contribution is 0.151. The maximum absolute atomic E-state index is 12.4. The molecular weight excluding hydrogens is 186 g/mol. The van der Waals surface area contributed by atoms with Crippen molar-refractivity contribution >= 4 is 0 Å². The van der Waals surface area contributed by atoms with E-state index in [4.69, 9.17) is 0 Å². The minimum absolute atomic E-state index is 0.0394. The largest absolute Gasteiger partial charge is 0.508 e. The molecule has 0 fully saturated rings. The second-order valence-corrected chi connectivity index (χ2v) is 3.69. The van der Waals surface area contributed by atoms with E-state index < -0.39 is 6.43 Å². The van der Waals surface area contributed by atoms with Gasteiger partial charge in [0.25, 0.3) is 6.43 Å². The van der Waals surface area contributed by atoms with Gasteiger partial charge in [0.05, 0.1) is 0 Å². The van der Waals surface area contributed by atoms with Crippen molar-refractivity contribution in [2.24, 2.45) is 0 Å². The van der Waals surface area contributed by atoms with Crippen LogP contribution in [0.4, 0.5) is 8.78 Å². The number of phenolic OH excluding ortho intramolecular Hbond substituents is 1. The molecule has 3 heteroatoms. The Kier molecular flexibility index (Phi) is 2.40. The van der Waals surface area contributed by atoms with Crippen LogP contribution in [0.25, 0.3) is 0 Å². The van der Waals surface area contributed by atoms with Gasteiger partial charge in [-0.3, -0.25) is 0 Å². The highest BCUT2D eigenvalue weighted by atomic mass is 19.3. The molecule has 0 aliphatic heterocycles. The molecular formula is C11H12F2O. The Morgan fingerprint density at radius 2 is 1.86 bits per heavy atom. The van der Waals surface area contributed by atoms with Crippen LogP contribution in [-0.2, 0) is 12.8 Å². The Labute approximate surface area is 81.4 Å². The average Bonchev–Trinajstić information content (AvgIpc) is 2.17. The van der Waals surface area contributed by atoms with Gasteiger partial charge in [-0.2, -0.15) is 0 Å². The highest BCUT2D eigenvalue weighted by molar-refractivity contribution is 5.44. The van der Waals surface area contributed by atoms with E-state index in [1.54, 1.807) is 0 Å². The van der Waals surface area contributed by atoms with E-state index in [9.17, 15) is 13.9 Å². The first kappa shape index (κ1) is 9.44. The summed E-state index contributed by atoms with van der Waals surface area (Å²) >= 11 is 0. The molecule has 1 N–H and O–H groups in total. The molecule has 76 valence electrons. The fraction of sp³-hybridized carbons (Fsp3) is 0.455. The molecule has 0 aromatic heterocycles. The molecule has 14 heavy (non-hydrogen) atoms. The van der Waals surface area contributed by atoms with Crippen molar-refractivity contribution in [3.63, 3.8) is 0 Å². The normalized spacial score (nSPS) is 15.6. The van der Waals surface area contributed by atoms with Gasteiger partial charge >= 0.3 is 0 Å². The van der Waals surface area contributed by atoms with Gasteiger partial charge in [0.2, 0.25) is 0 Å². The van der Waals surface area contributed by atoms with Gasteiger partial charge in [0.1, 0.15) is 5.75 Å². The van der Waals surface area contributed by atoms with E-state index in [0.29, 0.717) is 0 Å². The number of hydrogen-bond acceptors (Lipinski definition) is 1. The Bertz CT molecular complexity index is 347. The van der Waals surface area contributed by atoms with Crippen molar-refractivity contribution < 1.29 is 13.9 Å². The highest BCUT2D eigenvalue weighted by Gasteiger charge is 2.17. The van der Waals surface area contributed by atoms with Crippen LogP contribution in [0.1, 0.15) is 36.0 Å². The highest BCUT2D eigenvalue weighted by Crippen LogP contribution is 2.33. The first-order valence-electron chi connectivity index (χ1n) is 4.81. The predicted molar refractivity (Wildman–Crippen MR) is 49.7 cm³/mol. The molecule has 2 rings (SSSR count). The quantitative estimate of drug-likeness (QED) is 0.734. The number of aryl methyl sites for hydroxylation is 1. The summed E-state index contributed by atoms with van der Waals surface area (Å²) in [7, 11) is 0. The topological polar surface area (TPSA) is 20.2 Å². The molecule has 1 aliphatic carbocycles. The third-order valence-electron chi connectivity index (χ3n) is 2.72. The van der Waals surface area contributed by atoms with Crippen LogP contribution in [0, 0.1) is 0 Å². The summed E-state index contributed by atoms with van der Waals surface area (Å²) in [5, 5.41) is 9.55. The van der Waals surface area contributed by atoms with E-state index in [1.807, 2.05) is 0 Å². The molecule has 0 spiro atoms. The zero-order valence-electron chi connectivity index (χ0n) is 7.76. The number of rotatable bonds is 1. The number of phenols is 1. The zero-order valence-corrected chi connectivity index (χ0v) is 7.76. The molecule has 0 atom stereocenters. The van der Waals surface area contributed by atoms with E-state index >= 15 is 0 Å². The fourth-order valence-corrected chi connectivity index (χ4v) is 1.99. The summed E-state index contributed by atoms with van der Waals surface area (Å²) in [5.74, 6) is 0.0394. The van der Waals surface area contributed by atoms with E-state index in [-0.39, 0.29) is 11.3 Å². The van der Waals surface area contributed by atoms with E-state index in [1.165, 1.54) is 12.1 Å². The van der Waals surface area contributed by atoms with Gasteiger partial charge in [-0.15, -0.1) is 0 Å². The van der Waals surface area contributed by atoms with Gasteiger partial charge in [-0.1, -0.05) is 0 Å². The molecule has 0 amide bonds. The first-order chi connectivity index (χ1) is 6.68. The van der Waals surface area contributed by atoms with Crippen molar-refractivity contribution in [1.82, 2.24) is 0 Å². The molecule has 1 aromatic rings. The van der Waals surface area contributed by atoms with Crippen molar-refractivity contribution in [1.29, 1.82) is 0 Å². The van der Waals surface area contributed by atoms with Crippen LogP contribution >= 0.6 is 0 Å². The number of aromatic hydroxyl groups is 1. The Balaban J connectivity index is 2.46. The van der Waals surface area contributed by atoms with Crippen molar-refractivity contribution in [3.05, 3.63) is 28.8 Å². The van der Waals surface area contributed by atoms with Crippen LogP contribution in [0.2, 0.25) is 0 Å². The van der Waals surface area contributed by atoms with Gasteiger partial charge in [-0.05, 0) is 48.9 Å². The molecule has 0 unspecified atom stereocenters. The van der Waals surface area contributed by atoms with Crippen LogP contribution in [0.15, 0.2) is 12.1 Å². The van der Waals surface area contributed by atoms with Crippen LogP contribution in [0.3, 0.4) is 0 Å². The smallest absolute Gasteiger partial charge is 0.263 e. The lowest BCUT2D eigenvalue weighted by atomic mass is 9.89. The van der Waals surface area contributed by atoms with E-state index in [0.717, 1.165) is 36.8 Å². The first-order valence-corrected chi connectivity index (χ1v) is 4.81. The second kappa shape index (κ2) is 3.56. The van der Waals surface area contributed by atoms with Crippen molar-refractivity contribution in [2.45, 2.75) is 32.1 Å². The number of fused-ring (bicyclic) bond motifs is 1. The van der Waals surface area contributed by atoms with Crippen molar-refractivity contribution in [3.8, 4) is 5.75 Å². The zero-order chi connectivity index (χ0) is 10.1. The number of benzene rings is 1. The summed E-state index contributed by atoms with van der Waals surface area (Å²) in [6.45, 7) is 0. The predicted octanol–water partition coefficient (Wildman–Crippen LogP) is 3.21. The summed E-state index contributed by atoms with van der Waals surface area (Å²) in [5.41, 5.74) is 1.69. The van der Waals surface area contributed by atoms with Gasteiger partial charge in [-0.25, -0.2) is 8.78 Å². The number of halogens is 2. The molecule has 1 aliphatic rings. The van der Waals surface area contributed by atoms with Crippen LogP contribution in [-0.4, -0.2) is 5.11 Å². The van der Waals surface area contributed by atoms with Gasteiger partial charge < -0.3 is 5.11 Å². The lowest BCUT2D eigenvalue weighted by Gasteiger charge is -2.18. The monoisotopic (exact) mass is 198 g/mol. The minimum atomic E-state index is -2.49. The SMILES string of the molecule is Oc1cc(C(F)F)cc2c1CCCC2. The van der Waals surface area contributed by atoms with Gasteiger partial charge in [0.15, 0.2) is 0 Å². The molecule has 0 heterocycles. The third kappa shape index (κ3) is 1.59. The molecule has 0 radical (unpaired) electrons. The lowest BCUT2D eigenvalue weighted by Crippen LogP contribution is -2.04. The van der Waals surface area contributed by atoms with Gasteiger partial charge in [0, 0.05) is 5.56 Å². The summed E-state index contributed by atoms with van der Waals surface area (Å²) in [6.07, 6.45) is 1.19. The maximum Gasteiger partial charge on any atom is 0.263 e. The summed E-state index contributed by atoms with van der Waals surface area (Å²) < 4.78 is 24.8. The Hall–Kier alpha value is -1.12. The van der Waals surface area contributed by atoms with E-state index in [2.05, 4.69) is 0 Å². The standard InChI is InChI=1S/C11H12F2O/c12-11(13)8-5-7-3-1-2-4-9(7)10(14)6-8/h5-6,11,14H,1-4H2. The maximum atomic E-state index is 12.4. The number of alkyl halides is 2. The number of hydrogen-bond donors (Lipinski definition) is 1. The molecule has 0 saturated carbocycles. The summed E-state index contributed by atoms with van der Waals surface area (Å²) in [4.78, 5) is 0. The third-order valence-corrected chi connectivity index (χ3v) is 2.72. The fourth-order valence-electron chi connectivity index (χ4n) is 1.99. The molecule has 1 aromatic carbocycles. The van der Waals surface area contributed by atoms with Crippen LogP contribution in [0.5, 0.6) is 5.75 Å². The minimum Gasteiger partial charge on any atom is -0.508 e.